The van der Waals surface area contributed by atoms with Crippen LogP contribution in [0.2, 0.25) is 0 Å². The van der Waals surface area contributed by atoms with E-state index in [1.165, 1.54) is 0 Å². The number of quaternary nitrogens is 1. The SMILES string of the molecule is C[N+](C)(C)CC(=O)[O-].NCCCC(N)C(=O)O. The van der Waals surface area contributed by atoms with Gasteiger partial charge in [-0.25, -0.2) is 0 Å². The lowest BCUT2D eigenvalue weighted by molar-refractivity contribution is -0.864. The summed E-state index contributed by atoms with van der Waals surface area (Å²) in [6.45, 7) is 0.570. The predicted molar refractivity (Wildman–Crippen MR) is 61.8 cm³/mol. The van der Waals surface area contributed by atoms with Crippen molar-refractivity contribution < 1.29 is 24.3 Å². The summed E-state index contributed by atoms with van der Waals surface area (Å²) in [5.41, 5.74) is 10.3. The third-order valence-corrected chi connectivity index (χ3v) is 1.64. The van der Waals surface area contributed by atoms with Crippen LogP contribution in [0.15, 0.2) is 0 Å². The fraction of sp³-hybridized carbons (Fsp3) is 0.800. The van der Waals surface area contributed by atoms with Gasteiger partial charge in [0.1, 0.15) is 12.6 Å². The summed E-state index contributed by atoms with van der Waals surface area (Å²) in [4.78, 5) is 19.9. The highest BCUT2D eigenvalue weighted by Crippen LogP contribution is 1.91. The van der Waals surface area contributed by atoms with Crippen molar-refractivity contribution >= 4 is 11.9 Å². The third-order valence-electron chi connectivity index (χ3n) is 1.64. The van der Waals surface area contributed by atoms with Crippen molar-refractivity contribution in [3.63, 3.8) is 0 Å². The summed E-state index contributed by atoms with van der Waals surface area (Å²) < 4.78 is 0.419. The van der Waals surface area contributed by atoms with E-state index in [9.17, 15) is 14.7 Å². The second kappa shape index (κ2) is 8.91. The van der Waals surface area contributed by atoms with E-state index in [0.717, 1.165) is 0 Å². The monoisotopic (exact) mass is 249 g/mol. The van der Waals surface area contributed by atoms with Crippen LogP contribution in [0.1, 0.15) is 12.8 Å². The van der Waals surface area contributed by atoms with Crippen LogP contribution in [-0.4, -0.2) is 61.8 Å². The molecular weight excluding hydrogens is 226 g/mol. The summed E-state index contributed by atoms with van der Waals surface area (Å²) in [6.07, 6.45) is 1.14. The molecule has 0 aromatic carbocycles. The standard InChI is InChI=1S/C5H12N2O2.C5H11NO2/c6-3-1-2-4(7)5(8)9;1-6(2,3)4-5(7)8/h4H,1-3,6-7H2,(H,8,9);4H2,1-3H3. The molecule has 7 heteroatoms. The molecule has 0 saturated carbocycles. The highest BCUT2D eigenvalue weighted by molar-refractivity contribution is 5.72. The Balaban J connectivity index is 0. The summed E-state index contributed by atoms with van der Waals surface area (Å²) in [5.74, 6) is -1.96. The molecule has 0 aliphatic rings. The lowest BCUT2D eigenvalue weighted by Gasteiger charge is -2.23. The molecule has 0 saturated heterocycles. The van der Waals surface area contributed by atoms with Crippen LogP contribution in [0.25, 0.3) is 0 Å². The van der Waals surface area contributed by atoms with Crippen molar-refractivity contribution in [3.05, 3.63) is 0 Å². The zero-order chi connectivity index (χ0) is 14.1. The van der Waals surface area contributed by atoms with Crippen LogP contribution < -0.4 is 16.6 Å². The van der Waals surface area contributed by atoms with Crippen LogP contribution in [-0.2, 0) is 9.59 Å². The van der Waals surface area contributed by atoms with E-state index in [1.54, 1.807) is 21.1 Å². The number of hydrogen-bond acceptors (Lipinski definition) is 5. The number of carboxylic acid groups (broad SMARTS) is 2. The molecule has 7 nitrogen and oxygen atoms in total. The average Bonchev–Trinajstić information content (AvgIpc) is 2.10. The van der Waals surface area contributed by atoms with Crippen molar-refractivity contribution in [1.82, 2.24) is 0 Å². The van der Waals surface area contributed by atoms with Crippen LogP contribution in [0, 0.1) is 0 Å². The number of carbonyl (C=O) groups is 2. The summed E-state index contributed by atoms with van der Waals surface area (Å²) in [5, 5.41) is 18.1. The molecule has 0 fully saturated rings. The van der Waals surface area contributed by atoms with E-state index in [2.05, 4.69) is 0 Å². The largest absolute Gasteiger partial charge is 0.544 e. The Morgan fingerprint density at radius 1 is 1.35 bits per heavy atom. The van der Waals surface area contributed by atoms with Gasteiger partial charge in [0.25, 0.3) is 0 Å². The van der Waals surface area contributed by atoms with E-state index < -0.39 is 18.0 Å². The van der Waals surface area contributed by atoms with Gasteiger partial charge in [-0.05, 0) is 19.4 Å². The first-order chi connectivity index (χ1) is 7.60. The van der Waals surface area contributed by atoms with Gasteiger partial charge in [-0.2, -0.15) is 0 Å². The smallest absolute Gasteiger partial charge is 0.320 e. The molecule has 0 aromatic heterocycles. The van der Waals surface area contributed by atoms with E-state index in [-0.39, 0.29) is 6.54 Å². The molecule has 1 unspecified atom stereocenters. The number of nitrogens with two attached hydrogens (primary N) is 2. The normalized spacial score (nSPS) is 12.3. The van der Waals surface area contributed by atoms with Gasteiger partial charge in [-0.1, -0.05) is 0 Å². The Labute approximate surface area is 102 Å². The molecular formula is C10H23N3O4. The molecule has 102 valence electrons. The van der Waals surface area contributed by atoms with Crippen molar-refractivity contribution in [2.45, 2.75) is 18.9 Å². The van der Waals surface area contributed by atoms with Crippen molar-refractivity contribution in [1.29, 1.82) is 0 Å². The quantitative estimate of drug-likeness (QED) is 0.449. The highest BCUT2D eigenvalue weighted by Gasteiger charge is 2.08. The van der Waals surface area contributed by atoms with Crippen LogP contribution in [0.4, 0.5) is 0 Å². The first-order valence-corrected chi connectivity index (χ1v) is 5.29. The second-order valence-electron chi connectivity index (χ2n) is 4.70. The zero-order valence-electron chi connectivity index (χ0n) is 10.7. The molecule has 0 aliphatic heterocycles. The molecule has 0 aromatic rings. The Hall–Kier alpha value is -1.18. The number of aliphatic carboxylic acids is 2. The zero-order valence-corrected chi connectivity index (χ0v) is 10.7. The Kier molecular flexibility index (Phi) is 9.54. The Morgan fingerprint density at radius 2 is 1.82 bits per heavy atom. The minimum atomic E-state index is -1.00. The van der Waals surface area contributed by atoms with Gasteiger partial charge >= 0.3 is 5.97 Å². The van der Waals surface area contributed by atoms with Crippen LogP contribution in [0.3, 0.4) is 0 Å². The molecule has 0 aliphatic carbocycles. The number of likely N-dealkylation sites (N-methyl/N-ethyl adjacent to an activating group) is 1. The first-order valence-electron chi connectivity index (χ1n) is 5.29. The highest BCUT2D eigenvalue weighted by atomic mass is 16.4. The molecule has 5 N–H and O–H groups in total. The van der Waals surface area contributed by atoms with Gasteiger partial charge in [0.2, 0.25) is 0 Å². The Bertz CT molecular complexity index is 238. The molecule has 1 atom stereocenters. The average molecular weight is 249 g/mol. The minimum Gasteiger partial charge on any atom is -0.544 e. The third kappa shape index (κ3) is 17.4. The van der Waals surface area contributed by atoms with Gasteiger partial charge in [0.05, 0.1) is 27.1 Å². The molecule has 0 radical (unpaired) electrons. The fourth-order valence-electron chi connectivity index (χ4n) is 0.849. The first kappa shape index (κ1) is 18.2. The van der Waals surface area contributed by atoms with E-state index in [4.69, 9.17) is 16.6 Å². The lowest BCUT2D eigenvalue weighted by atomic mass is 10.2. The topological polar surface area (TPSA) is 129 Å². The Morgan fingerprint density at radius 3 is 2.00 bits per heavy atom. The molecule has 0 bridgehead atoms. The number of hydrogen-bond donors (Lipinski definition) is 3. The van der Waals surface area contributed by atoms with Crippen molar-refractivity contribution in [2.24, 2.45) is 11.5 Å². The maximum atomic E-state index is 10.0. The molecule has 0 heterocycles. The van der Waals surface area contributed by atoms with Crippen molar-refractivity contribution in [3.8, 4) is 0 Å². The van der Waals surface area contributed by atoms with Gasteiger partial charge in [0, 0.05) is 0 Å². The van der Waals surface area contributed by atoms with Gasteiger partial charge < -0.3 is 31.0 Å². The van der Waals surface area contributed by atoms with Gasteiger partial charge in [-0.15, -0.1) is 0 Å². The lowest BCUT2D eigenvalue weighted by Crippen LogP contribution is -2.45. The number of carbonyl (C=O) groups excluding carboxylic acids is 1. The molecule has 17 heavy (non-hydrogen) atoms. The second-order valence-corrected chi connectivity index (χ2v) is 4.70. The van der Waals surface area contributed by atoms with Gasteiger partial charge in [0.15, 0.2) is 0 Å². The predicted octanol–water partition coefficient (Wildman–Crippen LogP) is -2.42. The summed E-state index contributed by atoms with van der Waals surface area (Å²) in [6, 6.07) is -0.742. The van der Waals surface area contributed by atoms with Gasteiger partial charge in [-0.3, -0.25) is 4.79 Å². The maximum absolute atomic E-state index is 10.0. The van der Waals surface area contributed by atoms with E-state index in [0.29, 0.717) is 23.9 Å². The summed E-state index contributed by atoms with van der Waals surface area (Å²) >= 11 is 0. The number of nitrogens with zero attached hydrogens (tertiary/aromatic N) is 1. The van der Waals surface area contributed by atoms with Crippen LogP contribution >= 0.6 is 0 Å². The maximum Gasteiger partial charge on any atom is 0.320 e. The van der Waals surface area contributed by atoms with Crippen molar-refractivity contribution in [2.75, 3.05) is 34.2 Å². The van der Waals surface area contributed by atoms with E-state index >= 15 is 0 Å². The molecule has 0 rings (SSSR count). The summed E-state index contributed by atoms with van der Waals surface area (Å²) in [7, 11) is 5.40. The number of carboxylic acids is 2. The minimum absolute atomic E-state index is 0.0694. The van der Waals surface area contributed by atoms with E-state index in [1.807, 2.05) is 0 Å². The number of rotatable bonds is 6. The molecule has 0 spiro atoms. The fourth-order valence-corrected chi connectivity index (χ4v) is 0.849. The van der Waals surface area contributed by atoms with Crippen LogP contribution in [0.5, 0.6) is 0 Å². The molecule has 0 amide bonds.